The summed E-state index contributed by atoms with van der Waals surface area (Å²) in [5.41, 5.74) is 17.3. The van der Waals surface area contributed by atoms with Gasteiger partial charge in [0.25, 0.3) is 0 Å². The van der Waals surface area contributed by atoms with Crippen molar-refractivity contribution in [1.29, 1.82) is 0 Å². The van der Waals surface area contributed by atoms with Crippen LogP contribution in [0.15, 0.2) is 89.4 Å². The topological polar surface area (TPSA) is 40.5 Å². The average molecular weight is 674 g/mol. The molecule has 0 bridgehead atoms. The van der Waals surface area contributed by atoms with E-state index in [0.717, 1.165) is 10.8 Å². The van der Waals surface area contributed by atoms with Gasteiger partial charge in [-0.2, -0.15) is 0 Å². The first-order valence-electron chi connectivity index (χ1n) is 15.9. The van der Waals surface area contributed by atoms with Crippen molar-refractivity contribution in [1.82, 2.24) is 0 Å². The normalized spacial score (nSPS) is 10.7. The molecule has 2 nitrogen and oxygen atoms in total. The highest BCUT2D eigenvalue weighted by Crippen LogP contribution is 2.35. The van der Waals surface area contributed by atoms with E-state index in [2.05, 4.69) is 128 Å². The third-order valence-corrected chi connectivity index (χ3v) is 11.2. The molecule has 0 aliphatic carbocycles. The molecule has 0 saturated carbocycles. The molecular formula is C42H46BBrO2. The Bertz CT molecular complexity index is 1910. The van der Waals surface area contributed by atoms with Crippen molar-refractivity contribution in [2.75, 3.05) is 0 Å². The Balaban J connectivity index is 0.000000166. The van der Waals surface area contributed by atoms with E-state index in [0.29, 0.717) is 5.46 Å². The van der Waals surface area contributed by atoms with E-state index in [9.17, 15) is 0 Å². The van der Waals surface area contributed by atoms with Crippen molar-refractivity contribution >= 4 is 50.1 Å². The van der Waals surface area contributed by atoms with Crippen LogP contribution < -0.4 is 5.46 Å². The van der Waals surface area contributed by atoms with Crippen LogP contribution in [0.5, 0.6) is 0 Å². The monoisotopic (exact) mass is 672 g/mol. The van der Waals surface area contributed by atoms with Crippen molar-refractivity contribution in [2.24, 2.45) is 0 Å². The molecule has 46 heavy (non-hydrogen) atoms. The Morgan fingerprint density at radius 2 is 0.783 bits per heavy atom. The minimum Gasteiger partial charge on any atom is -0.423 e. The Hall–Kier alpha value is -3.70. The Morgan fingerprint density at radius 3 is 1.24 bits per heavy atom. The zero-order chi connectivity index (χ0) is 33.9. The summed E-state index contributed by atoms with van der Waals surface area (Å²) in [7, 11) is -1.38. The maximum Gasteiger partial charge on any atom is 0.488 e. The highest BCUT2D eigenvalue weighted by atomic mass is 79.9. The predicted molar refractivity (Wildman–Crippen MR) is 205 cm³/mol. The van der Waals surface area contributed by atoms with Crippen LogP contribution in [0.4, 0.5) is 0 Å². The highest BCUT2D eigenvalue weighted by Gasteiger charge is 2.14. The van der Waals surface area contributed by atoms with Crippen LogP contribution in [0.25, 0.3) is 32.7 Å². The lowest BCUT2D eigenvalue weighted by molar-refractivity contribution is 0.426. The maximum atomic E-state index is 8.94. The van der Waals surface area contributed by atoms with E-state index in [1.807, 2.05) is 30.3 Å². The average Bonchev–Trinajstić information content (AvgIpc) is 3.07. The van der Waals surface area contributed by atoms with Gasteiger partial charge in [-0.1, -0.05) is 94.8 Å². The minimum absolute atomic E-state index is 0.527. The number of halogens is 1. The van der Waals surface area contributed by atoms with Gasteiger partial charge in [0.05, 0.1) is 0 Å². The van der Waals surface area contributed by atoms with E-state index in [-0.39, 0.29) is 0 Å². The Morgan fingerprint density at radius 1 is 0.413 bits per heavy atom. The molecule has 0 aliphatic rings. The summed E-state index contributed by atoms with van der Waals surface area (Å²) in [6.45, 7) is 22.1. The predicted octanol–water partition coefficient (Wildman–Crippen LogP) is 10.6. The molecule has 0 heterocycles. The fourth-order valence-corrected chi connectivity index (χ4v) is 6.70. The first-order valence-corrected chi connectivity index (χ1v) is 16.7. The van der Waals surface area contributed by atoms with Crippen LogP contribution in [0.2, 0.25) is 0 Å². The first kappa shape index (κ1) is 35.2. The summed E-state index contributed by atoms with van der Waals surface area (Å²) in [4.78, 5) is 0. The zero-order valence-corrected chi connectivity index (χ0v) is 30.5. The molecule has 6 aromatic carbocycles. The second kappa shape index (κ2) is 14.8. The quantitative estimate of drug-likeness (QED) is 0.180. The molecule has 2 N–H and O–H groups in total. The van der Waals surface area contributed by atoms with Gasteiger partial charge in [0, 0.05) is 4.47 Å². The summed E-state index contributed by atoms with van der Waals surface area (Å²) in [6.07, 6.45) is 0. The number of fused-ring (bicyclic) bond motifs is 2. The number of hydrogen-bond acceptors (Lipinski definition) is 2. The maximum absolute atomic E-state index is 8.94. The van der Waals surface area contributed by atoms with Gasteiger partial charge in [0.2, 0.25) is 0 Å². The van der Waals surface area contributed by atoms with Crippen molar-refractivity contribution in [3.8, 4) is 11.1 Å². The highest BCUT2D eigenvalue weighted by molar-refractivity contribution is 9.10. The van der Waals surface area contributed by atoms with Crippen LogP contribution >= 0.6 is 15.9 Å². The molecule has 0 fully saturated rings. The lowest BCUT2D eigenvalue weighted by atomic mass is 9.79. The Kier molecular flexibility index (Phi) is 11.3. The molecule has 0 radical (unpaired) electrons. The van der Waals surface area contributed by atoms with Gasteiger partial charge < -0.3 is 10.0 Å². The van der Waals surface area contributed by atoms with Crippen molar-refractivity contribution in [3.63, 3.8) is 0 Å². The molecule has 0 amide bonds. The second-order valence-electron chi connectivity index (χ2n) is 12.5. The molecular weight excluding hydrogens is 627 g/mol. The summed E-state index contributed by atoms with van der Waals surface area (Å²) >= 11 is 3.61. The van der Waals surface area contributed by atoms with Crippen LogP contribution in [0.1, 0.15) is 55.6 Å². The van der Waals surface area contributed by atoms with Crippen molar-refractivity contribution < 1.29 is 10.0 Å². The molecule has 0 aliphatic heterocycles. The van der Waals surface area contributed by atoms with Gasteiger partial charge >= 0.3 is 7.12 Å². The fourth-order valence-electron chi connectivity index (χ4n) is 6.10. The number of rotatable bonds is 2. The summed E-state index contributed by atoms with van der Waals surface area (Å²) < 4.78 is 1.27. The van der Waals surface area contributed by atoms with Gasteiger partial charge in [-0.05, 0) is 169 Å². The minimum atomic E-state index is -1.38. The lowest BCUT2D eigenvalue weighted by Crippen LogP contribution is -2.29. The van der Waals surface area contributed by atoms with Gasteiger partial charge in [0.1, 0.15) is 0 Å². The molecule has 6 aromatic rings. The molecule has 0 atom stereocenters. The van der Waals surface area contributed by atoms with Gasteiger partial charge in [0.15, 0.2) is 0 Å². The van der Waals surface area contributed by atoms with Gasteiger partial charge in [-0.25, -0.2) is 0 Å². The molecule has 4 heteroatoms. The van der Waals surface area contributed by atoms with Crippen LogP contribution in [0.3, 0.4) is 0 Å². The fraction of sp³-hybridized carbons (Fsp3) is 0.238. The van der Waals surface area contributed by atoms with Gasteiger partial charge in [-0.3, -0.25) is 0 Å². The third kappa shape index (κ3) is 7.31. The lowest BCUT2D eigenvalue weighted by Gasteiger charge is -2.19. The smallest absolute Gasteiger partial charge is 0.423 e. The van der Waals surface area contributed by atoms with E-state index in [4.69, 9.17) is 10.0 Å². The van der Waals surface area contributed by atoms with Crippen LogP contribution in [0, 0.1) is 69.2 Å². The van der Waals surface area contributed by atoms with Crippen molar-refractivity contribution in [2.45, 2.75) is 69.2 Å². The molecule has 0 unspecified atom stereocenters. The Labute approximate surface area is 284 Å². The third-order valence-electron chi connectivity index (χ3n) is 10.0. The molecule has 0 spiro atoms. The molecule has 0 aromatic heterocycles. The number of hydrogen-bond donors (Lipinski definition) is 2. The standard InChI is InChI=1S/C21H22.C11H15Br.C10H9BO2/c1-13-14(2)16(4)21(17(5)15(13)3)20-11-10-18-8-6-7-9-19(18)12-20;1-6-7(2)9(4)11(12)10(5)8(6)3;12-11(13)10-6-5-8-3-1-2-4-9(8)7-10/h6-12H,1-5H3;1-5H3;1-7,12-13H. The number of benzene rings is 6. The van der Waals surface area contributed by atoms with E-state index >= 15 is 0 Å². The SMILES string of the molecule is Cc1c(C)c(C)c(-c2ccc3ccccc3c2)c(C)c1C.Cc1c(C)c(C)c(Br)c(C)c1C.OB(O)c1ccc2ccccc2c1. The summed E-state index contributed by atoms with van der Waals surface area (Å²) in [5.74, 6) is 0. The summed E-state index contributed by atoms with van der Waals surface area (Å²) in [5, 5.41) is 22.6. The van der Waals surface area contributed by atoms with E-state index < -0.39 is 7.12 Å². The largest absolute Gasteiger partial charge is 0.488 e. The summed E-state index contributed by atoms with van der Waals surface area (Å²) in [6, 6.07) is 28.6. The van der Waals surface area contributed by atoms with E-state index in [1.165, 1.54) is 82.0 Å². The van der Waals surface area contributed by atoms with E-state index in [1.54, 1.807) is 12.1 Å². The molecule has 0 saturated heterocycles. The molecule has 6 rings (SSSR count). The zero-order valence-electron chi connectivity index (χ0n) is 28.9. The van der Waals surface area contributed by atoms with Crippen molar-refractivity contribution in [3.05, 3.63) is 145 Å². The van der Waals surface area contributed by atoms with Crippen LogP contribution in [-0.4, -0.2) is 17.2 Å². The second-order valence-corrected chi connectivity index (χ2v) is 13.3. The van der Waals surface area contributed by atoms with Gasteiger partial charge in [-0.15, -0.1) is 0 Å². The molecule has 236 valence electrons. The first-order chi connectivity index (χ1) is 21.7. The van der Waals surface area contributed by atoms with Crippen LogP contribution in [-0.2, 0) is 0 Å².